The van der Waals surface area contributed by atoms with Crippen LogP contribution in [-0.2, 0) is 5.92 Å². The van der Waals surface area contributed by atoms with Crippen LogP contribution in [-0.4, -0.2) is 25.7 Å². The molecule has 138 valence electrons. The molecule has 0 radical (unpaired) electrons. The number of fused-ring (bicyclic) bond motifs is 1. The Bertz CT molecular complexity index is 727. The molecular weight excluding hydrogens is 328 g/mol. The first-order valence-corrected chi connectivity index (χ1v) is 8.99. The van der Waals surface area contributed by atoms with Crippen molar-refractivity contribution in [3.63, 3.8) is 0 Å². The van der Waals surface area contributed by atoms with Crippen LogP contribution in [0.2, 0.25) is 0 Å². The Morgan fingerprint density at radius 2 is 2.08 bits per heavy atom. The van der Waals surface area contributed by atoms with Gasteiger partial charge in [-0.3, -0.25) is 0 Å². The highest BCUT2D eigenvalue weighted by Crippen LogP contribution is 2.43. The van der Waals surface area contributed by atoms with E-state index >= 15 is 8.78 Å². The average Bonchev–Trinajstić information content (AvgIpc) is 3.01. The van der Waals surface area contributed by atoms with Crippen LogP contribution in [0.25, 0.3) is 5.65 Å². The molecule has 2 aromatic heterocycles. The summed E-state index contributed by atoms with van der Waals surface area (Å²) in [5, 5.41) is 4.14. The Morgan fingerprint density at radius 1 is 1.36 bits per heavy atom. The topological polar surface area (TPSA) is 78.3 Å². The van der Waals surface area contributed by atoms with Gasteiger partial charge in [-0.05, 0) is 26.2 Å². The summed E-state index contributed by atoms with van der Waals surface area (Å²) in [5.74, 6) is -3.66. The van der Waals surface area contributed by atoms with Gasteiger partial charge in [-0.25, -0.2) is 9.50 Å². The summed E-state index contributed by atoms with van der Waals surface area (Å²) in [4.78, 5) is 8.06. The third-order valence-corrected chi connectivity index (χ3v) is 4.83. The molecule has 0 saturated heterocycles. The number of nitrogen functional groups attached to an aromatic ring is 1. The second-order valence-electron chi connectivity index (χ2n) is 6.83. The van der Waals surface area contributed by atoms with Crippen molar-refractivity contribution in [3.8, 4) is 6.01 Å². The summed E-state index contributed by atoms with van der Waals surface area (Å²) >= 11 is 0. The van der Waals surface area contributed by atoms with Gasteiger partial charge in [0, 0.05) is 5.92 Å². The van der Waals surface area contributed by atoms with E-state index in [1.165, 1.54) is 0 Å². The van der Waals surface area contributed by atoms with E-state index < -0.39 is 11.8 Å². The predicted octanol–water partition coefficient (Wildman–Crippen LogP) is 3.95. The van der Waals surface area contributed by atoms with Gasteiger partial charge in [0.05, 0.1) is 12.3 Å². The summed E-state index contributed by atoms with van der Waals surface area (Å²) in [7, 11) is 0. The van der Waals surface area contributed by atoms with Crippen LogP contribution >= 0.6 is 0 Å². The minimum atomic E-state index is -3.01. The van der Waals surface area contributed by atoms with Gasteiger partial charge in [-0.2, -0.15) is 13.8 Å². The number of rotatable bonds is 6. The minimum absolute atomic E-state index is 0.00430. The number of halogens is 2. The molecule has 2 N–H and O–H groups in total. The van der Waals surface area contributed by atoms with Crippen LogP contribution in [0, 0.1) is 5.92 Å². The lowest BCUT2D eigenvalue weighted by Crippen LogP contribution is -2.29. The van der Waals surface area contributed by atoms with Crippen molar-refractivity contribution >= 4 is 11.5 Å². The maximum Gasteiger partial charge on any atom is 0.336 e. The number of nitrogens with zero attached hydrogens (tertiary/aromatic N) is 4. The van der Waals surface area contributed by atoms with Crippen LogP contribution in [0.1, 0.15) is 64.5 Å². The molecule has 0 amide bonds. The summed E-state index contributed by atoms with van der Waals surface area (Å²) in [6, 6.07) is 0.00430. The van der Waals surface area contributed by atoms with Gasteiger partial charge in [0.1, 0.15) is 5.69 Å². The van der Waals surface area contributed by atoms with E-state index in [0.29, 0.717) is 12.8 Å². The second-order valence-corrected chi connectivity index (χ2v) is 6.83. The van der Waals surface area contributed by atoms with Crippen LogP contribution < -0.4 is 10.5 Å². The van der Waals surface area contributed by atoms with Gasteiger partial charge in [0.15, 0.2) is 11.5 Å². The van der Waals surface area contributed by atoms with E-state index in [1.807, 2.05) is 13.8 Å². The Balaban J connectivity index is 1.97. The highest BCUT2D eigenvalue weighted by Gasteiger charge is 2.44. The highest BCUT2D eigenvalue weighted by molar-refractivity contribution is 5.59. The first-order chi connectivity index (χ1) is 11.9. The van der Waals surface area contributed by atoms with Crippen LogP contribution in [0.4, 0.5) is 14.6 Å². The highest BCUT2D eigenvalue weighted by atomic mass is 19.3. The monoisotopic (exact) mass is 353 g/mol. The van der Waals surface area contributed by atoms with Gasteiger partial charge in [0.25, 0.3) is 5.92 Å². The molecule has 1 atom stereocenters. The Morgan fingerprint density at radius 3 is 2.76 bits per heavy atom. The standard InChI is InChI=1S/C17H25F2N5O/c1-3-7-11(2)25-16-22-14(20)15-21-10-13(24(15)23-16)17(18,19)12-8-5-4-6-9-12/h10-12H,3-9H2,1-2H3,(H2,20,22,23)/t11-/m0/s1. The summed E-state index contributed by atoms with van der Waals surface area (Å²) < 4.78 is 36.8. The van der Waals surface area contributed by atoms with Crippen LogP contribution in [0.15, 0.2) is 6.20 Å². The van der Waals surface area contributed by atoms with Gasteiger partial charge in [-0.15, -0.1) is 5.10 Å². The Hall–Kier alpha value is -1.99. The van der Waals surface area contributed by atoms with Crippen molar-refractivity contribution in [3.05, 3.63) is 11.9 Å². The molecule has 1 fully saturated rings. The lowest BCUT2D eigenvalue weighted by molar-refractivity contribution is -0.0828. The first kappa shape index (κ1) is 17.8. The van der Waals surface area contributed by atoms with E-state index in [9.17, 15) is 0 Å². The number of alkyl halides is 2. The molecule has 2 aromatic rings. The molecule has 8 heteroatoms. The molecular formula is C17H25F2N5O. The van der Waals surface area contributed by atoms with Crippen molar-refractivity contribution in [1.29, 1.82) is 0 Å². The summed E-state index contributed by atoms with van der Waals surface area (Å²) in [6.45, 7) is 3.93. The zero-order chi connectivity index (χ0) is 18.0. The van der Waals surface area contributed by atoms with Crippen LogP contribution in [0.3, 0.4) is 0 Å². The molecule has 0 bridgehead atoms. The van der Waals surface area contributed by atoms with Crippen molar-refractivity contribution in [1.82, 2.24) is 19.6 Å². The molecule has 1 aliphatic rings. The molecule has 1 saturated carbocycles. The number of hydrogen-bond acceptors (Lipinski definition) is 5. The summed E-state index contributed by atoms with van der Waals surface area (Å²) in [5.41, 5.74) is 5.78. The van der Waals surface area contributed by atoms with Gasteiger partial charge >= 0.3 is 6.01 Å². The second kappa shape index (κ2) is 7.09. The van der Waals surface area contributed by atoms with Gasteiger partial charge < -0.3 is 10.5 Å². The number of hydrogen-bond donors (Lipinski definition) is 1. The Labute approximate surface area is 145 Å². The maximum atomic E-state index is 15.0. The Kier molecular flexibility index (Phi) is 5.06. The average molecular weight is 353 g/mol. The molecule has 0 aliphatic heterocycles. The molecule has 0 unspecified atom stereocenters. The fourth-order valence-corrected chi connectivity index (χ4v) is 3.48. The SMILES string of the molecule is CCC[C@H](C)Oc1nc(N)c2ncc(C(F)(F)C3CCCCC3)n2n1. The van der Waals surface area contributed by atoms with E-state index in [1.54, 1.807) is 0 Å². The number of anilines is 1. The number of imidazole rings is 1. The van der Waals surface area contributed by atoms with E-state index in [0.717, 1.165) is 42.8 Å². The third-order valence-electron chi connectivity index (χ3n) is 4.83. The molecule has 1 aliphatic carbocycles. The number of nitrogens with two attached hydrogens (primary N) is 1. The van der Waals surface area contributed by atoms with Crippen molar-refractivity contribution in [2.45, 2.75) is 70.8 Å². The molecule has 3 rings (SSSR count). The molecule has 6 nitrogen and oxygen atoms in total. The molecule has 25 heavy (non-hydrogen) atoms. The molecule has 2 heterocycles. The first-order valence-electron chi connectivity index (χ1n) is 8.99. The minimum Gasteiger partial charge on any atom is -0.459 e. The quantitative estimate of drug-likeness (QED) is 0.851. The van der Waals surface area contributed by atoms with E-state index in [4.69, 9.17) is 10.5 Å². The molecule has 0 spiro atoms. The number of aromatic nitrogens is 4. The van der Waals surface area contributed by atoms with E-state index in [2.05, 4.69) is 15.1 Å². The van der Waals surface area contributed by atoms with Gasteiger partial charge in [0.2, 0.25) is 0 Å². The maximum absolute atomic E-state index is 15.0. The predicted molar refractivity (Wildman–Crippen MR) is 90.7 cm³/mol. The zero-order valence-electron chi connectivity index (χ0n) is 14.7. The summed E-state index contributed by atoms with van der Waals surface area (Å²) in [6.07, 6.45) is 6.50. The lowest BCUT2D eigenvalue weighted by atomic mass is 9.83. The van der Waals surface area contributed by atoms with Crippen molar-refractivity contribution in [2.24, 2.45) is 5.92 Å². The smallest absolute Gasteiger partial charge is 0.336 e. The van der Waals surface area contributed by atoms with Crippen molar-refractivity contribution < 1.29 is 13.5 Å². The van der Waals surface area contributed by atoms with E-state index in [-0.39, 0.29) is 29.3 Å². The van der Waals surface area contributed by atoms with Gasteiger partial charge in [-0.1, -0.05) is 32.6 Å². The number of ether oxygens (including phenoxy) is 1. The van der Waals surface area contributed by atoms with Crippen LogP contribution in [0.5, 0.6) is 6.01 Å². The lowest BCUT2D eigenvalue weighted by Gasteiger charge is -2.29. The normalized spacial score (nSPS) is 17.8. The van der Waals surface area contributed by atoms with Crippen molar-refractivity contribution in [2.75, 3.05) is 5.73 Å². The molecule has 0 aromatic carbocycles. The third kappa shape index (κ3) is 3.52. The largest absolute Gasteiger partial charge is 0.459 e. The zero-order valence-corrected chi connectivity index (χ0v) is 14.7. The fourth-order valence-electron chi connectivity index (χ4n) is 3.48. The fraction of sp³-hybridized carbons (Fsp3) is 0.706.